The molecule has 0 bridgehead atoms. The molecular formula is C21H20N2O2. The van der Waals surface area contributed by atoms with E-state index in [-0.39, 0.29) is 18.6 Å². The molecule has 4 nitrogen and oxygen atoms in total. The summed E-state index contributed by atoms with van der Waals surface area (Å²) in [5.41, 5.74) is 4.34. The van der Waals surface area contributed by atoms with Crippen LogP contribution in [-0.2, 0) is 17.8 Å². The second-order valence-electron chi connectivity index (χ2n) is 6.38. The molecule has 3 aromatic rings. The molecule has 4 rings (SSSR count). The predicted molar refractivity (Wildman–Crippen MR) is 98.9 cm³/mol. The number of rotatable bonds is 3. The van der Waals surface area contributed by atoms with Crippen molar-refractivity contribution >= 4 is 22.9 Å². The van der Waals surface area contributed by atoms with Gasteiger partial charge in [0.1, 0.15) is 0 Å². The van der Waals surface area contributed by atoms with Crippen LogP contribution in [0.15, 0.2) is 60.7 Å². The van der Waals surface area contributed by atoms with Gasteiger partial charge in [-0.05, 0) is 29.7 Å². The van der Waals surface area contributed by atoms with Crippen molar-refractivity contribution in [3.05, 3.63) is 77.5 Å². The molecule has 2 heterocycles. The van der Waals surface area contributed by atoms with E-state index in [1.165, 1.54) is 10.9 Å². The number of aliphatic hydroxyl groups excluding tert-OH is 1. The van der Waals surface area contributed by atoms with E-state index in [1.54, 1.807) is 11.0 Å². The molecule has 1 aliphatic rings. The van der Waals surface area contributed by atoms with Crippen molar-refractivity contribution in [1.29, 1.82) is 0 Å². The highest BCUT2D eigenvalue weighted by atomic mass is 16.3. The highest BCUT2D eigenvalue weighted by Crippen LogP contribution is 2.30. The summed E-state index contributed by atoms with van der Waals surface area (Å²) in [5, 5.41) is 11.0. The summed E-state index contributed by atoms with van der Waals surface area (Å²) < 4.78 is 0. The van der Waals surface area contributed by atoms with Crippen LogP contribution >= 0.6 is 0 Å². The van der Waals surface area contributed by atoms with E-state index < -0.39 is 0 Å². The molecule has 1 unspecified atom stereocenters. The fraction of sp³-hybridized carbons (Fsp3) is 0.190. The molecule has 25 heavy (non-hydrogen) atoms. The summed E-state index contributed by atoms with van der Waals surface area (Å²) in [6, 6.07) is 17.7. The van der Waals surface area contributed by atoms with Gasteiger partial charge in [0, 0.05) is 22.7 Å². The quantitative estimate of drug-likeness (QED) is 0.724. The second kappa shape index (κ2) is 6.57. The Labute approximate surface area is 146 Å². The van der Waals surface area contributed by atoms with E-state index in [9.17, 15) is 9.90 Å². The van der Waals surface area contributed by atoms with Crippen LogP contribution in [-0.4, -0.2) is 33.5 Å². The monoisotopic (exact) mass is 332 g/mol. The average molecular weight is 332 g/mol. The number of nitrogens with zero attached hydrogens (tertiary/aromatic N) is 1. The first-order valence-electron chi connectivity index (χ1n) is 8.49. The smallest absolute Gasteiger partial charge is 0.247 e. The van der Waals surface area contributed by atoms with E-state index >= 15 is 0 Å². The molecular weight excluding hydrogens is 312 g/mol. The van der Waals surface area contributed by atoms with Gasteiger partial charge in [-0.3, -0.25) is 4.79 Å². The van der Waals surface area contributed by atoms with Crippen molar-refractivity contribution in [3.8, 4) is 0 Å². The lowest BCUT2D eigenvalue weighted by Gasteiger charge is -2.34. The van der Waals surface area contributed by atoms with Gasteiger partial charge in [0.25, 0.3) is 0 Å². The summed E-state index contributed by atoms with van der Waals surface area (Å²) in [5.74, 6) is -0.0767. The third-order valence-electron chi connectivity index (χ3n) is 4.82. The van der Waals surface area contributed by atoms with E-state index in [0.717, 1.165) is 16.8 Å². The van der Waals surface area contributed by atoms with Crippen LogP contribution in [0.5, 0.6) is 0 Å². The van der Waals surface area contributed by atoms with Gasteiger partial charge < -0.3 is 15.0 Å². The zero-order valence-corrected chi connectivity index (χ0v) is 13.9. The van der Waals surface area contributed by atoms with Crippen molar-refractivity contribution in [3.63, 3.8) is 0 Å². The number of H-pyrrole nitrogens is 1. The Morgan fingerprint density at radius 1 is 1.16 bits per heavy atom. The Hall–Kier alpha value is -2.85. The maximum absolute atomic E-state index is 12.7. The van der Waals surface area contributed by atoms with Gasteiger partial charge >= 0.3 is 0 Å². The molecule has 1 aromatic heterocycles. The number of carbonyl (C=O) groups is 1. The van der Waals surface area contributed by atoms with Crippen molar-refractivity contribution in [2.45, 2.75) is 19.0 Å². The van der Waals surface area contributed by atoms with Crippen LogP contribution in [0.2, 0.25) is 0 Å². The first-order valence-corrected chi connectivity index (χ1v) is 8.49. The van der Waals surface area contributed by atoms with Crippen LogP contribution in [0, 0.1) is 0 Å². The Balaban J connectivity index is 1.61. The third-order valence-corrected chi connectivity index (χ3v) is 4.82. The largest absolute Gasteiger partial charge is 0.394 e. The van der Waals surface area contributed by atoms with Gasteiger partial charge in [-0.25, -0.2) is 0 Å². The van der Waals surface area contributed by atoms with Crippen LogP contribution < -0.4 is 0 Å². The maximum Gasteiger partial charge on any atom is 0.247 e. The number of fused-ring (bicyclic) bond motifs is 3. The summed E-state index contributed by atoms with van der Waals surface area (Å²) in [6.45, 7) is 0.455. The number of aliphatic hydroxyl groups is 1. The number of hydrogen-bond acceptors (Lipinski definition) is 2. The van der Waals surface area contributed by atoms with Crippen LogP contribution in [0.4, 0.5) is 0 Å². The molecule has 1 atom stereocenters. The topological polar surface area (TPSA) is 56.3 Å². The lowest BCUT2D eigenvalue weighted by molar-refractivity contribution is -0.130. The molecule has 0 fully saturated rings. The van der Waals surface area contributed by atoms with E-state index in [2.05, 4.69) is 11.1 Å². The molecule has 4 heteroatoms. The van der Waals surface area contributed by atoms with Crippen LogP contribution in [0.25, 0.3) is 17.0 Å². The second-order valence-corrected chi connectivity index (χ2v) is 6.38. The zero-order chi connectivity index (χ0) is 17.2. The molecule has 126 valence electrons. The molecule has 2 N–H and O–H groups in total. The highest BCUT2D eigenvalue weighted by molar-refractivity contribution is 5.93. The minimum Gasteiger partial charge on any atom is -0.394 e. The normalized spacial score (nSPS) is 17.2. The fourth-order valence-electron chi connectivity index (χ4n) is 3.52. The minimum atomic E-state index is -0.195. The third kappa shape index (κ3) is 2.96. The summed E-state index contributed by atoms with van der Waals surface area (Å²) >= 11 is 0. The highest BCUT2D eigenvalue weighted by Gasteiger charge is 2.30. The number of carbonyl (C=O) groups excluding carboxylic acids is 1. The molecule has 1 amide bonds. The molecule has 0 radical (unpaired) electrons. The zero-order valence-electron chi connectivity index (χ0n) is 13.9. The van der Waals surface area contributed by atoms with Crippen molar-refractivity contribution in [2.24, 2.45) is 0 Å². The number of para-hydroxylation sites is 1. The standard InChI is InChI=1S/C21H20N2O2/c24-14-16-12-18-17-8-4-5-9-19(17)22-20(18)13-23(16)21(25)11-10-15-6-2-1-3-7-15/h1-11,16,22,24H,12-14H2/b11-10+. The van der Waals surface area contributed by atoms with E-state index in [1.807, 2.05) is 54.6 Å². The molecule has 0 spiro atoms. The molecule has 1 aliphatic heterocycles. The van der Waals surface area contributed by atoms with Gasteiger partial charge in [-0.1, -0.05) is 48.5 Å². The number of amides is 1. The lowest BCUT2D eigenvalue weighted by atomic mass is 9.97. The molecule has 0 aliphatic carbocycles. The number of nitrogens with one attached hydrogen (secondary N) is 1. The summed E-state index contributed by atoms with van der Waals surface area (Å²) in [6.07, 6.45) is 4.07. The van der Waals surface area contributed by atoms with Gasteiger partial charge in [0.05, 0.1) is 19.2 Å². The fourth-order valence-corrected chi connectivity index (χ4v) is 3.52. The maximum atomic E-state index is 12.7. The first-order chi connectivity index (χ1) is 12.3. The Morgan fingerprint density at radius 3 is 2.72 bits per heavy atom. The summed E-state index contributed by atoms with van der Waals surface area (Å²) in [7, 11) is 0. The van der Waals surface area contributed by atoms with Gasteiger partial charge in [-0.2, -0.15) is 0 Å². The van der Waals surface area contributed by atoms with Crippen molar-refractivity contribution in [2.75, 3.05) is 6.61 Å². The van der Waals surface area contributed by atoms with E-state index in [0.29, 0.717) is 13.0 Å². The Morgan fingerprint density at radius 2 is 1.92 bits per heavy atom. The Kier molecular flexibility index (Phi) is 4.12. The lowest BCUT2D eigenvalue weighted by Crippen LogP contribution is -2.45. The number of hydrogen-bond donors (Lipinski definition) is 2. The van der Waals surface area contributed by atoms with Gasteiger partial charge in [-0.15, -0.1) is 0 Å². The van der Waals surface area contributed by atoms with Crippen LogP contribution in [0.3, 0.4) is 0 Å². The number of benzene rings is 2. The van der Waals surface area contributed by atoms with Crippen molar-refractivity contribution in [1.82, 2.24) is 9.88 Å². The number of aromatic amines is 1. The Bertz CT molecular complexity index is 927. The molecule has 0 saturated heterocycles. The molecule has 0 saturated carbocycles. The van der Waals surface area contributed by atoms with Crippen molar-refractivity contribution < 1.29 is 9.90 Å². The average Bonchev–Trinajstić information content (AvgIpc) is 3.03. The van der Waals surface area contributed by atoms with Gasteiger partial charge in [0.2, 0.25) is 5.91 Å². The molecule has 2 aromatic carbocycles. The van der Waals surface area contributed by atoms with Gasteiger partial charge in [0.15, 0.2) is 0 Å². The van der Waals surface area contributed by atoms with Crippen LogP contribution in [0.1, 0.15) is 16.8 Å². The summed E-state index contributed by atoms with van der Waals surface area (Å²) in [4.78, 5) is 17.8. The number of aromatic nitrogens is 1. The van der Waals surface area contributed by atoms with E-state index in [4.69, 9.17) is 0 Å². The minimum absolute atomic E-state index is 0.0378. The predicted octanol–water partition coefficient (Wildman–Crippen LogP) is 3.13. The first kappa shape index (κ1) is 15.7. The SMILES string of the molecule is O=C(/C=C/c1ccccc1)N1Cc2[nH]c3ccccc3c2CC1CO.